The Morgan fingerprint density at radius 2 is 2.00 bits per heavy atom. The number of carbonyl (C=O) groups is 3. The Bertz CT molecular complexity index is 998. The molecule has 11 heteroatoms. The first-order chi connectivity index (χ1) is 14.0. The molecule has 0 bridgehead atoms. The van der Waals surface area contributed by atoms with E-state index in [2.05, 4.69) is 15.6 Å². The molecule has 3 heterocycles. The van der Waals surface area contributed by atoms with Crippen LogP contribution >= 0.6 is 0 Å². The molecule has 2 aliphatic heterocycles. The summed E-state index contributed by atoms with van der Waals surface area (Å²) in [4.78, 5) is 40.4. The van der Waals surface area contributed by atoms with Crippen LogP contribution in [-0.2, 0) is 14.4 Å². The van der Waals surface area contributed by atoms with Crippen molar-refractivity contribution in [3.63, 3.8) is 0 Å². The minimum Gasteiger partial charge on any atom is -0.497 e. The zero-order valence-corrected chi connectivity index (χ0v) is 15.9. The maximum atomic E-state index is 12.5. The van der Waals surface area contributed by atoms with Gasteiger partial charge in [0.25, 0.3) is 18.7 Å². The highest BCUT2D eigenvalue weighted by Gasteiger charge is 2.49. The van der Waals surface area contributed by atoms with E-state index in [0.29, 0.717) is 24.6 Å². The molecular formula is C18H19N6O5+. The Balaban J connectivity index is 1.54. The van der Waals surface area contributed by atoms with Crippen LogP contribution in [0.25, 0.3) is 0 Å². The maximum Gasteiger partial charge on any atom is 0.502 e. The van der Waals surface area contributed by atoms with Crippen molar-refractivity contribution in [2.45, 2.75) is 13.2 Å². The summed E-state index contributed by atoms with van der Waals surface area (Å²) in [5.41, 5.74) is 0.826. The van der Waals surface area contributed by atoms with Crippen molar-refractivity contribution in [3.05, 3.63) is 36.1 Å². The second-order valence-corrected chi connectivity index (χ2v) is 6.59. The fourth-order valence-electron chi connectivity index (χ4n) is 3.25. The van der Waals surface area contributed by atoms with E-state index in [0.717, 1.165) is 10.4 Å². The zero-order chi connectivity index (χ0) is 20.5. The summed E-state index contributed by atoms with van der Waals surface area (Å²) in [5, 5.41) is 10.5. The molecule has 0 aliphatic carbocycles. The second-order valence-electron chi connectivity index (χ2n) is 6.59. The SMILES string of the molecule is COc1ccc(N2CCN3C(=O)C(=O)[N+](CC(=O)Nc4cc(C)on4)=NC32)cc1. The second kappa shape index (κ2) is 7.34. The number of methoxy groups -OCH3 is 1. The average molecular weight is 399 g/mol. The van der Waals surface area contributed by atoms with Crippen LogP contribution in [0.3, 0.4) is 0 Å². The Morgan fingerprint density at radius 3 is 2.66 bits per heavy atom. The number of nitrogens with one attached hydrogen (secondary N) is 1. The largest absolute Gasteiger partial charge is 0.502 e. The van der Waals surface area contributed by atoms with E-state index in [1.54, 1.807) is 32.2 Å². The first-order valence-electron chi connectivity index (χ1n) is 8.93. The van der Waals surface area contributed by atoms with Gasteiger partial charge >= 0.3 is 11.8 Å². The summed E-state index contributed by atoms with van der Waals surface area (Å²) in [5.74, 6) is -0.601. The van der Waals surface area contributed by atoms with E-state index in [9.17, 15) is 14.4 Å². The molecular weight excluding hydrogens is 380 g/mol. The molecule has 3 amide bonds. The van der Waals surface area contributed by atoms with Gasteiger partial charge in [-0.05, 0) is 35.9 Å². The Labute approximate surface area is 165 Å². The Morgan fingerprint density at radius 1 is 1.28 bits per heavy atom. The van der Waals surface area contributed by atoms with Gasteiger partial charge in [0.05, 0.1) is 7.11 Å². The summed E-state index contributed by atoms with van der Waals surface area (Å²) >= 11 is 0. The van der Waals surface area contributed by atoms with Crippen LogP contribution in [0.2, 0.25) is 0 Å². The van der Waals surface area contributed by atoms with Crippen molar-refractivity contribution in [2.24, 2.45) is 5.11 Å². The number of azo groups is 2. The van der Waals surface area contributed by atoms with E-state index in [4.69, 9.17) is 9.26 Å². The van der Waals surface area contributed by atoms with Crippen LogP contribution in [0, 0.1) is 6.92 Å². The van der Waals surface area contributed by atoms with Crippen LogP contribution in [0.5, 0.6) is 5.75 Å². The van der Waals surface area contributed by atoms with E-state index >= 15 is 0 Å². The summed E-state index contributed by atoms with van der Waals surface area (Å²) in [6.45, 7) is 2.16. The van der Waals surface area contributed by atoms with Crippen molar-refractivity contribution >= 4 is 29.2 Å². The minimum absolute atomic E-state index is 0.227. The van der Waals surface area contributed by atoms with Gasteiger partial charge in [0.2, 0.25) is 0 Å². The topological polar surface area (TPSA) is 120 Å². The quantitative estimate of drug-likeness (QED) is 0.576. The number of ether oxygens (including phenoxy) is 1. The molecule has 0 saturated carbocycles. The number of anilines is 2. The third-order valence-electron chi connectivity index (χ3n) is 4.65. The van der Waals surface area contributed by atoms with Gasteiger partial charge in [-0.1, -0.05) is 5.16 Å². The third-order valence-corrected chi connectivity index (χ3v) is 4.65. The summed E-state index contributed by atoms with van der Waals surface area (Å²) in [6, 6.07) is 8.85. The summed E-state index contributed by atoms with van der Waals surface area (Å²) in [7, 11) is 1.58. The van der Waals surface area contributed by atoms with Crippen molar-refractivity contribution in [1.29, 1.82) is 0 Å². The number of rotatable bonds is 5. The number of benzene rings is 1. The van der Waals surface area contributed by atoms with Gasteiger partial charge in [0.1, 0.15) is 11.5 Å². The van der Waals surface area contributed by atoms with Gasteiger partial charge in [-0.15, -0.1) is 0 Å². The van der Waals surface area contributed by atoms with Crippen LogP contribution in [-0.4, -0.2) is 65.5 Å². The highest BCUT2D eigenvalue weighted by molar-refractivity contribution is 6.32. The highest BCUT2D eigenvalue weighted by atomic mass is 16.5. The van der Waals surface area contributed by atoms with Gasteiger partial charge in [-0.25, -0.2) is 4.79 Å². The predicted molar refractivity (Wildman–Crippen MR) is 98.3 cm³/mol. The third kappa shape index (κ3) is 3.53. The van der Waals surface area contributed by atoms with Crippen LogP contribution in [0.1, 0.15) is 5.76 Å². The number of nitrogens with zero attached hydrogens (tertiary/aromatic N) is 5. The van der Waals surface area contributed by atoms with Gasteiger partial charge in [-0.2, -0.15) is 0 Å². The molecule has 1 aromatic heterocycles. The molecule has 2 aliphatic rings. The molecule has 1 unspecified atom stereocenters. The monoisotopic (exact) mass is 399 g/mol. The summed E-state index contributed by atoms with van der Waals surface area (Å²) in [6.07, 6.45) is -0.698. The highest BCUT2D eigenvalue weighted by Crippen LogP contribution is 2.28. The Hall–Kier alpha value is -3.76. The lowest BCUT2D eigenvalue weighted by molar-refractivity contribution is -0.509. The minimum atomic E-state index is -0.843. The number of aryl methyl sites for hydroxylation is 1. The average Bonchev–Trinajstić information content (AvgIpc) is 3.32. The first-order valence-corrected chi connectivity index (χ1v) is 8.93. The predicted octanol–water partition coefficient (Wildman–Crippen LogP) is 0.567. The molecule has 1 aromatic carbocycles. The van der Waals surface area contributed by atoms with Gasteiger partial charge in [-0.3, -0.25) is 14.5 Å². The molecule has 1 fully saturated rings. The van der Waals surface area contributed by atoms with Crippen molar-refractivity contribution in [2.75, 3.05) is 37.0 Å². The van der Waals surface area contributed by atoms with Gasteiger partial charge in [0.15, 0.2) is 5.82 Å². The number of hydrogen-bond acceptors (Lipinski definition) is 8. The molecule has 2 aromatic rings. The molecule has 4 rings (SSSR count). The molecule has 1 atom stereocenters. The number of fused-ring (bicyclic) bond motifs is 1. The molecule has 29 heavy (non-hydrogen) atoms. The van der Waals surface area contributed by atoms with Crippen LogP contribution in [0.4, 0.5) is 11.5 Å². The molecule has 1 saturated heterocycles. The number of amides is 3. The normalized spacial score (nSPS) is 18.6. The van der Waals surface area contributed by atoms with Gasteiger partial charge < -0.3 is 19.5 Å². The molecule has 150 valence electrons. The molecule has 1 N–H and O–H groups in total. The van der Waals surface area contributed by atoms with Crippen molar-refractivity contribution < 1.29 is 28.3 Å². The molecule has 0 radical (unpaired) electrons. The zero-order valence-electron chi connectivity index (χ0n) is 15.9. The van der Waals surface area contributed by atoms with Crippen molar-refractivity contribution in [1.82, 2.24) is 10.1 Å². The lowest BCUT2D eigenvalue weighted by Gasteiger charge is -2.27. The molecule has 0 spiro atoms. The van der Waals surface area contributed by atoms with Crippen LogP contribution in [0.15, 0.2) is 40.0 Å². The number of aromatic nitrogens is 1. The Kier molecular flexibility index (Phi) is 4.71. The molecule has 11 nitrogen and oxygen atoms in total. The van der Waals surface area contributed by atoms with Crippen LogP contribution < -0.4 is 15.0 Å². The van der Waals surface area contributed by atoms with E-state index in [1.165, 1.54) is 4.90 Å². The maximum absolute atomic E-state index is 12.5. The fraction of sp³-hybridized carbons (Fsp3) is 0.333. The fourth-order valence-corrected chi connectivity index (χ4v) is 3.25. The van der Waals surface area contributed by atoms with E-state index < -0.39 is 30.6 Å². The standard InChI is InChI=1S/C18H18N6O5/c1-11-9-14(21-29-11)19-15(25)10-24-17(27)16(26)23-8-7-22(18(23)20-24)12-3-5-13(28-2)6-4-12/h3-6,9,18H,7-8,10H2,1-2H3/p+1. The lowest BCUT2D eigenvalue weighted by atomic mass is 10.3. The van der Waals surface area contributed by atoms with Gasteiger partial charge in [0, 0.05) is 30.0 Å². The van der Waals surface area contributed by atoms with Crippen molar-refractivity contribution in [3.8, 4) is 5.75 Å². The van der Waals surface area contributed by atoms with E-state index in [-0.39, 0.29) is 5.82 Å². The lowest BCUT2D eigenvalue weighted by Crippen LogP contribution is -2.52. The number of hydrogen-bond donors (Lipinski definition) is 1. The summed E-state index contributed by atoms with van der Waals surface area (Å²) < 4.78 is 10.9. The first kappa shape index (κ1) is 18.6. The number of carbonyl (C=O) groups excluding carboxylic acids is 3. The van der Waals surface area contributed by atoms with E-state index in [1.807, 2.05) is 17.0 Å². The smallest absolute Gasteiger partial charge is 0.497 e.